The molecule has 0 spiro atoms. The largest absolute Gasteiger partial charge is 0.573 e. The number of aromatic nitrogens is 1. The highest BCUT2D eigenvalue weighted by Gasteiger charge is 2.33. The molecule has 0 radical (unpaired) electrons. The van der Waals surface area contributed by atoms with Crippen molar-refractivity contribution in [2.24, 2.45) is 0 Å². The van der Waals surface area contributed by atoms with E-state index in [0.717, 1.165) is 37.0 Å². The predicted octanol–water partition coefficient (Wildman–Crippen LogP) is 4.75. The Morgan fingerprint density at radius 2 is 1.93 bits per heavy atom. The van der Waals surface area contributed by atoms with E-state index in [-0.39, 0.29) is 5.75 Å². The Labute approximate surface area is 160 Å². The van der Waals surface area contributed by atoms with Crippen molar-refractivity contribution < 1.29 is 22.6 Å². The lowest BCUT2D eigenvalue weighted by atomic mass is 10.0. The standard InChI is InChI=1S/C21H21F3N2O2/c1-2-27-16-6-7-17(19(13-16)28-21(22,23)24)18-5-3-4-14-12-15-8-9-25-10-11-26(15)20(14)18/h3-7,12-13,25H,2,8-11H2,1H3. The molecule has 0 saturated carbocycles. The third-order valence-electron chi connectivity index (χ3n) is 4.86. The van der Waals surface area contributed by atoms with Crippen molar-refractivity contribution in [1.82, 2.24) is 9.88 Å². The number of benzene rings is 2. The summed E-state index contributed by atoms with van der Waals surface area (Å²) in [4.78, 5) is 0. The van der Waals surface area contributed by atoms with Crippen LogP contribution in [0, 0.1) is 0 Å². The molecule has 0 amide bonds. The molecule has 4 nitrogen and oxygen atoms in total. The molecule has 28 heavy (non-hydrogen) atoms. The Kier molecular flexibility index (Phi) is 4.93. The lowest BCUT2D eigenvalue weighted by molar-refractivity contribution is -0.274. The number of halogens is 3. The fraction of sp³-hybridized carbons (Fsp3) is 0.333. The van der Waals surface area contributed by atoms with E-state index in [1.807, 2.05) is 18.2 Å². The minimum Gasteiger partial charge on any atom is -0.494 e. The number of rotatable bonds is 4. The van der Waals surface area contributed by atoms with E-state index < -0.39 is 6.36 Å². The molecule has 1 aliphatic heterocycles. The summed E-state index contributed by atoms with van der Waals surface area (Å²) in [6.45, 7) is 4.61. The molecular formula is C21H21F3N2O2. The van der Waals surface area contributed by atoms with E-state index in [0.29, 0.717) is 23.5 Å². The molecule has 148 valence electrons. The van der Waals surface area contributed by atoms with Gasteiger partial charge in [0.2, 0.25) is 0 Å². The van der Waals surface area contributed by atoms with Crippen molar-refractivity contribution in [3.8, 4) is 22.6 Å². The summed E-state index contributed by atoms with van der Waals surface area (Å²) in [6.07, 6.45) is -3.91. The zero-order valence-electron chi connectivity index (χ0n) is 15.5. The third kappa shape index (κ3) is 3.67. The van der Waals surface area contributed by atoms with Gasteiger partial charge in [-0.15, -0.1) is 13.2 Å². The van der Waals surface area contributed by atoms with Gasteiger partial charge in [-0.2, -0.15) is 0 Å². The van der Waals surface area contributed by atoms with Gasteiger partial charge in [0.05, 0.1) is 12.1 Å². The van der Waals surface area contributed by atoms with Gasteiger partial charge < -0.3 is 19.4 Å². The molecule has 7 heteroatoms. The maximum atomic E-state index is 13.1. The van der Waals surface area contributed by atoms with Gasteiger partial charge in [0.15, 0.2) is 0 Å². The Bertz CT molecular complexity index is 995. The number of para-hydroxylation sites is 1. The quantitative estimate of drug-likeness (QED) is 0.698. The van der Waals surface area contributed by atoms with Crippen LogP contribution in [-0.2, 0) is 13.0 Å². The zero-order valence-corrected chi connectivity index (χ0v) is 15.5. The van der Waals surface area contributed by atoms with E-state index in [9.17, 15) is 13.2 Å². The van der Waals surface area contributed by atoms with E-state index in [1.165, 1.54) is 11.8 Å². The summed E-state index contributed by atoms with van der Waals surface area (Å²) >= 11 is 0. The van der Waals surface area contributed by atoms with Gasteiger partial charge in [0.25, 0.3) is 0 Å². The van der Waals surface area contributed by atoms with E-state index in [2.05, 4.69) is 20.7 Å². The van der Waals surface area contributed by atoms with Gasteiger partial charge in [-0.05, 0) is 25.1 Å². The van der Waals surface area contributed by atoms with Crippen LogP contribution in [-0.4, -0.2) is 30.6 Å². The van der Waals surface area contributed by atoms with Crippen molar-refractivity contribution in [2.75, 3.05) is 19.7 Å². The van der Waals surface area contributed by atoms with E-state index in [4.69, 9.17) is 4.74 Å². The number of hydrogen-bond donors (Lipinski definition) is 1. The molecular weight excluding hydrogens is 369 g/mol. The average Bonchev–Trinajstić information content (AvgIpc) is 2.83. The second kappa shape index (κ2) is 7.39. The summed E-state index contributed by atoms with van der Waals surface area (Å²) in [5.74, 6) is 0.0871. The van der Waals surface area contributed by atoms with Crippen molar-refractivity contribution in [3.05, 3.63) is 48.2 Å². The van der Waals surface area contributed by atoms with Crippen LogP contribution in [0.5, 0.6) is 11.5 Å². The normalized spacial score (nSPS) is 14.6. The Morgan fingerprint density at radius 1 is 1.07 bits per heavy atom. The van der Waals surface area contributed by atoms with Crippen LogP contribution in [0.4, 0.5) is 13.2 Å². The zero-order chi connectivity index (χ0) is 19.7. The monoisotopic (exact) mass is 390 g/mol. The summed E-state index contributed by atoms with van der Waals surface area (Å²) in [7, 11) is 0. The van der Waals surface area contributed by atoms with Crippen LogP contribution in [0.15, 0.2) is 42.5 Å². The smallest absolute Gasteiger partial charge is 0.494 e. The van der Waals surface area contributed by atoms with Crippen molar-refractivity contribution in [1.29, 1.82) is 0 Å². The molecule has 3 aromatic rings. The first-order valence-corrected chi connectivity index (χ1v) is 9.31. The minimum atomic E-state index is -4.78. The topological polar surface area (TPSA) is 35.4 Å². The fourth-order valence-electron chi connectivity index (χ4n) is 3.78. The van der Waals surface area contributed by atoms with Gasteiger partial charge >= 0.3 is 6.36 Å². The number of fused-ring (bicyclic) bond motifs is 3. The van der Waals surface area contributed by atoms with Crippen molar-refractivity contribution >= 4 is 10.9 Å². The number of nitrogens with one attached hydrogen (secondary N) is 1. The highest BCUT2D eigenvalue weighted by molar-refractivity contribution is 5.97. The number of nitrogens with zero attached hydrogens (tertiary/aromatic N) is 1. The van der Waals surface area contributed by atoms with E-state index in [1.54, 1.807) is 19.1 Å². The lowest BCUT2D eigenvalue weighted by Crippen LogP contribution is -2.18. The van der Waals surface area contributed by atoms with E-state index >= 15 is 0 Å². The molecule has 4 rings (SSSR count). The second-order valence-electron chi connectivity index (χ2n) is 6.67. The molecule has 0 bridgehead atoms. The van der Waals surface area contributed by atoms with Gasteiger partial charge in [-0.25, -0.2) is 0 Å². The number of hydrogen-bond acceptors (Lipinski definition) is 3. The van der Waals surface area contributed by atoms with Crippen LogP contribution in [0.1, 0.15) is 12.6 Å². The predicted molar refractivity (Wildman–Crippen MR) is 102 cm³/mol. The van der Waals surface area contributed by atoms with Crippen LogP contribution >= 0.6 is 0 Å². The van der Waals surface area contributed by atoms with Crippen molar-refractivity contribution in [3.63, 3.8) is 0 Å². The third-order valence-corrected chi connectivity index (χ3v) is 4.86. The van der Waals surface area contributed by atoms with Crippen molar-refractivity contribution in [2.45, 2.75) is 26.3 Å². The second-order valence-corrected chi connectivity index (χ2v) is 6.67. The Hall–Kier alpha value is -2.67. The average molecular weight is 390 g/mol. The number of ether oxygens (including phenoxy) is 2. The Balaban J connectivity index is 1.91. The summed E-state index contributed by atoms with van der Waals surface area (Å²) in [5.41, 5.74) is 3.21. The lowest BCUT2D eigenvalue weighted by Gasteiger charge is -2.17. The fourth-order valence-corrected chi connectivity index (χ4v) is 3.78. The molecule has 1 N–H and O–H groups in total. The molecule has 0 atom stereocenters. The molecule has 2 heterocycles. The first-order valence-electron chi connectivity index (χ1n) is 9.31. The first kappa shape index (κ1) is 18.7. The number of alkyl halides is 3. The molecule has 0 fully saturated rings. The Morgan fingerprint density at radius 3 is 2.71 bits per heavy atom. The van der Waals surface area contributed by atoms with Gasteiger partial charge in [0, 0.05) is 54.3 Å². The summed E-state index contributed by atoms with van der Waals surface area (Å²) in [5, 5.41) is 4.37. The van der Waals surface area contributed by atoms with Crippen LogP contribution in [0.25, 0.3) is 22.0 Å². The highest BCUT2D eigenvalue weighted by atomic mass is 19.4. The van der Waals surface area contributed by atoms with Crippen LogP contribution in [0.3, 0.4) is 0 Å². The summed E-state index contributed by atoms with van der Waals surface area (Å²) < 4.78 is 51.1. The molecule has 0 aliphatic carbocycles. The van der Waals surface area contributed by atoms with Crippen LogP contribution < -0.4 is 14.8 Å². The van der Waals surface area contributed by atoms with Gasteiger partial charge in [-0.1, -0.05) is 18.2 Å². The summed E-state index contributed by atoms with van der Waals surface area (Å²) in [6, 6.07) is 12.4. The first-order chi connectivity index (χ1) is 13.5. The molecule has 1 aromatic heterocycles. The van der Waals surface area contributed by atoms with Crippen LogP contribution in [0.2, 0.25) is 0 Å². The minimum absolute atomic E-state index is 0.256. The SMILES string of the molecule is CCOc1ccc(-c2cccc3cc4n(c23)CCNCC4)c(OC(F)(F)F)c1. The highest BCUT2D eigenvalue weighted by Crippen LogP contribution is 2.40. The van der Waals surface area contributed by atoms with Gasteiger partial charge in [0.1, 0.15) is 11.5 Å². The molecule has 0 unspecified atom stereocenters. The van der Waals surface area contributed by atoms with Gasteiger partial charge in [-0.3, -0.25) is 0 Å². The molecule has 1 aliphatic rings. The maximum absolute atomic E-state index is 13.1. The maximum Gasteiger partial charge on any atom is 0.573 e. The molecule has 0 saturated heterocycles. The molecule has 2 aromatic carbocycles.